The van der Waals surface area contributed by atoms with Gasteiger partial charge in [0.2, 0.25) is 11.8 Å². The first kappa shape index (κ1) is 14.1. The number of carbonyl (C=O) groups excluding carboxylic acids is 1. The van der Waals surface area contributed by atoms with Gasteiger partial charge in [-0.3, -0.25) is 4.79 Å². The average Bonchev–Trinajstić information content (AvgIpc) is 2.74. The molecular weight excluding hydrogens is 242 g/mol. The number of piperidine rings is 1. The summed E-state index contributed by atoms with van der Waals surface area (Å²) in [4.78, 5) is 16.0. The van der Waals surface area contributed by atoms with Crippen LogP contribution in [0.1, 0.15) is 49.4 Å². The minimum absolute atomic E-state index is 0.0703. The highest BCUT2D eigenvalue weighted by Gasteiger charge is 2.14. The lowest BCUT2D eigenvalue weighted by Crippen LogP contribution is -2.35. The Morgan fingerprint density at radius 1 is 1.47 bits per heavy atom. The van der Waals surface area contributed by atoms with Gasteiger partial charge >= 0.3 is 0 Å². The molecule has 1 aromatic heterocycles. The summed E-state index contributed by atoms with van der Waals surface area (Å²) in [6, 6.07) is 0.505. The molecule has 106 valence electrons. The number of aromatic nitrogens is 1. The van der Waals surface area contributed by atoms with Crippen molar-refractivity contribution >= 4 is 5.91 Å². The second-order valence-corrected chi connectivity index (χ2v) is 5.21. The summed E-state index contributed by atoms with van der Waals surface area (Å²) in [5.74, 6) is 1.47. The lowest BCUT2D eigenvalue weighted by molar-refractivity contribution is -0.121. The van der Waals surface area contributed by atoms with E-state index in [1.807, 2.05) is 13.8 Å². The van der Waals surface area contributed by atoms with Crippen molar-refractivity contribution in [3.05, 3.63) is 17.3 Å². The molecule has 0 spiro atoms. The van der Waals surface area contributed by atoms with Crippen LogP contribution in [-0.2, 0) is 11.3 Å². The van der Waals surface area contributed by atoms with Gasteiger partial charge in [0.25, 0.3) is 0 Å². The number of nitrogens with one attached hydrogen (secondary N) is 2. The van der Waals surface area contributed by atoms with Gasteiger partial charge in [0.15, 0.2) is 0 Å². The van der Waals surface area contributed by atoms with Gasteiger partial charge in [-0.25, -0.2) is 4.98 Å². The molecule has 2 heterocycles. The highest BCUT2D eigenvalue weighted by Crippen LogP contribution is 2.12. The van der Waals surface area contributed by atoms with Crippen LogP contribution in [0.15, 0.2) is 4.42 Å². The highest BCUT2D eigenvalue weighted by atomic mass is 16.4. The molecular formula is C14H23N3O2. The predicted molar refractivity (Wildman–Crippen MR) is 72.7 cm³/mol. The summed E-state index contributed by atoms with van der Waals surface area (Å²) in [6.45, 7) is 5.24. The summed E-state index contributed by atoms with van der Waals surface area (Å²) in [5, 5.41) is 6.30. The Morgan fingerprint density at radius 3 is 2.95 bits per heavy atom. The number of oxazole rings is 1. The van der Waals surface area contributed by atoms with Crippen LogP contribution in [0.4, 0.5) is 0 Å². The molecule has 2 rings (SSSR count). The largest absolute Gasteiger partial charge is 0.444 e. The Morgan fingerprint density at radius 2 is 2.32 bits per heavy atom. The van der Waals surface area contributed by atoms with Crippen molar-refractivity contribution in [2.75, 3.05) is 6.54 Å². The van der Waals surface area contributed by atoms with Gasteiger partial charge < -0.3 is 15.1 Å². The molecule has 1 aliphatic rings. The third kappa shape index (κ3) is 4.35. The van der Waals surface area contributed by atoms with Crippen LogP contribution in [0, 0.1) is 13.8 Å². The third-order valence-electron chi connectivity index (χ3n) is 3.64. The van der Waals surface area contributed by atoms with Gasteiger partial charge in [-0.05, 0) is 39.7 Å². The maximum absolute atomic E-state index is 11.7. The topological polar surface area (TPSA) is 67.2 Å². The number of hydrogen-bond acceptors (Lipinski definition) is 4. The Labute approximate surface area is 114 Å². The molecule has 0 radical (unpaired) electrons. The van der Waals surface area contributed by atoms with E-state index in [-0.39, 0.29) is 5.91 Å². The molecule has 5 nitrogen and oxygen atoms in total. The van der Waals surface area contributed by atoms with Crippen molar-refractivity contribution in [2.45, 2.75) is 58.5 Å². The third-order valence-corrected chi connectivity index (χ3v) is 3.64. The van der Waals surface area contributed by atoms with E-state index in [9.17, 15) is 4.79 Å². The predicted octanol–water partition coefficient (Wildman–Crippen LogP) is 1.83. The monoisotopic (exact) mass is 265 g/mol. The number of carbonyl (C=O) groups is 1. The van der Waals surface area contributed by atoms with Gasteiger partial charge in [-0.1, -0.05) is 6.42 Å². The minimum Gasteiger partial charge on any atom is -0.444 e. The molecule has 1 unspecified atom stereocenters. The molecule has 1 aliphatic heterocycles. The second-order valence-electron chi connectivity index (χ2n) is 5.21. The first-order chi connectivity index (χ1) is 9.15. The minimum atomic E-state index is 0.0703. The van der Waals surface area contributed by atoms with E-state index in [2.05, 4.69) is 15.6 Å². The van der Waals surface area contributed by atoms with Crippen LogP contribution in [0.2, 0.25) is 0 Å². The normalized spacial score (nSPS) is 19.4. The maximum Gasteiger partial charge on any atom is 0.220 e. The molecule has 5 heteroatoms. The zero-order chi connectivity index (χ0) is 13.7. The molecule has 0 saturated carbocycles. The first-order valence-electron chi connectivity index (χ1n) is 7.08. The lowest BCUT2D eigenvalue weighted by Gasteiger charge is -2.22. The Kier molecular flexibility index (Phi) is 4.96. The van der Waals surface area contributed by atoms with Crippen LogP contribution in [-0.4, -0.2) is 23.5 Å². The Hall–Kier alpha value is -1.36. The highest BCUT2D eigenvalue weighted by molar-refractivity contribution is 5.75. The smallest absolute Gasteiger partial charge is 0.220 e. The number of hydrogen-bond donors (Lipinski definition) is 2. The van der Waals surface area contributed by atoms with E-state index < -0.39 is 0 Å². The number of rotatable bonds is 5. The fourth-order valence-corrected chi connectivity index (χ4v) is 2.35. The molecule has 1 fully saturated rings. The van der Waals surface area contributed by atoms with Crippen molar-refractivity contribution in [3.63, 3.8) is 0 Å². The molecule has 0 aliphatic carbocycles. The van der Waals surface area contributed by atoms with Gasteiger partial charge in [-0.15, -0.1) is 0 Å². The van der Waals surface area contributed by atoms with E-state index in [0.717, 1.165) is 24.4 Å². The van der Waals surface area contributed by atoms with Crippen LogP contribution in [0.5, 0.6) is 0 Å². The number of amides is 1. The van der Waals surface area contributed by atoms with Crippen LogP contribution in [0.3, 0.4) is 0 Å². The Bertz CT molecular complexity index is 403. The van der Waals surface area contributed by atoms with Crippen molar-refractivity contribution in [1.29, 1.82) is 0 Å². The van der Waals surface area contributed by atoms with Crippen LogP contribution in [0.25, 0.3) is 0 Å². The summed E-state index contributed by atoms with van der Waals surface area (Å²) < 4.78 is 5.42. The van der Waals surface area contributed by atoms with E-state index in [4.69, 9.17) is 4.42 Å². The standard InChI is InChI=1S/C14H23N3O2/c1-10-11(2)19-14(17-10)9-16-13(18)7-6-12-5-3-4-8-15-12/h12,15H,3-9H2,1-2H3,(H,16,18). The molecule has 1 amide bonds. The molecule has 1 saturated heterocycles. The van der Waals surface area contributed by atoms with Gasteiger partial charge in [-0.2, -0.15) is 0 Å². The zero-order valence-electron chi connectivity index (χ0n) is 11.8. The quantitative estimate of drug-likeness (QED) is 0.852. The van der Waals surface area contributed by atoms with E-state index in [1.165, 1.54) is 19.3 Å². The molecule has 2 N–H and O–H groups in total. The van der Waals surface area contributed by atoms with Crippen molar-refractivity contribution in [2.24, 2.45) is 0 Å². The average molecular weight is 265 g/mol. The molecule has 1 atom stereocenters. The van der Waals surface area contributed by atoms with E-state index in [1.54, 1.807) is 0 Å². The maximum atomic E-state index is 11.7. The molecule has 19 heavy (non-hydrogen) atoms. The van der Waals surface area contributed by atoms with Crippen molar-refractivity contribution < 1.29 is 9.21 Å². The summed E-state index contributed by atoms with van der Waals surface area (Å²) in [6.07, 6.45) is 5.19. The van der Waals surface area contributed by atoms with Gasteiger partial charge in [0.1, 0.15) is 5.76 Å². The first-order valence-corrected chi connectivity index (χ1v) is 7.08. The molecule has 0 bridgehead atoms. The van der Waals surface area contributed by atoms with Gasteiger partial charge in [0.05, 0.1) is 12.2 Å². The molecule has 1 aromatic rings. The fraction of sp³-hybridized carbons (Fsp3) is 0.714. The fourth-order valence-electron chi connectivity index (χ4n) is 2.35. The lowest BCUT2D eigenvalue weighted by atomic mass is 10.0. The van der Waals surface area contributed by atoms with Crippen molar-refractivity contribution in [1.82, 2.24) is 15.6 Å². The summed E-state index contributed by atoms with van der Waals surface area (Å²) in [7, 11) is 0. The zero-order valence-corrected chi connectivity index (χ0v) is 11.8. The number of nitrogens with zero attached hydrogens (tertiary/aromatic N) is 1. The number of aryl methyl sites for hydroxylation is 2. The van der Waals surface area contributed by atoms with Crippen molar-refractivity contribution in [3.8, 4) is 0 Å². The summed E-state index contributed by atoms with van der Waals surface area (Å²) >= 11 is 0. The van der Waals surface area contributed by atoms with E-state index >= 15 is 0 Å². The van der Waals surface area contributed by atoms with Gasteiger partial charge in [0, 0.05) is 12.5 Å². The van der Waals surface area contributed by atoms with Crippen LogP contribution >= 0.6 is 0 Å². The SMILES string of the molecule is Cc1nc(CNC(=O)CCC2CCCCN2)oc1C. The second kappa shape index (κ2) is 6.70. The Balaban J connectivity index is 1.66. The van der Waals surface area contributed by atoms with Crippen LogP contribution < -0.4 is 10.6 Å². The van der Waals surface area contributed by atoms with E-state index in [0.29, 0.717) is 24.9 Å². The summed E-state index contributed by atoms with van der Waals surface area (Å²) in [5.41, 5.74) is 0.885. The molecule has 0 aromatic carbocycles.